The van der Waals surface area contributed by atoms with Crippen LogP contribution in [-0.4, -0.2) is 18.0 Å². The fourth-order valence-electron chi connectivity index (χ4n) is 2.33. The molecule has 1 aliphatic heterocycles. The lowest BCUT2D eigenvalue weighted by molar-refractivity contribution is 0.493. The van der Waals surface area contributed by atoms with Crippen LogP contribution in [0.1, 0.15) is 24.0 Å². The van der Waals surface area contributed by atoms with E-state index in [9.17, 15) is 0 Å². The van der Waals surface area contributed by atoms with Crippen molar-refractivity contribution in [3.63, 3.8) is 0 Å². The van der Waals surface area contributed by atoms with Crippen LogP contribution < -0.4 is 0 Å². The van der Waals surface area contributed by atoms with E-state index in [1.807, 2.05) is 18.2 Å². The summed E-state index contributed by atoms with van der Waals surface area (Å²) in [4.78, 5) is 2.31. The molecule has 0 atom stereocenters. The van der Waals surface area contributed by atoms with Crippen molar-refractivity contribution >= 4 is 5.70 Å². The van der Waals surface area contributed by atoms with Crippen LogP contribution in [0.5, 0.6) is 0 Å². The smallest absolute Gasteiger partial charge is 0.129 e. The van der Waals surface area contributed by atoms with Crippen molar-refractivity contribution in [2.24, 2.45) is 0 Å². The zero-order valence-electron chi connectivity index (χ0n) is 11.6. The molecule has 2 rings (SSSR count). The maximum Gasteiger partial charge on any atom is 0.129 e. The Morgan fingerprint density at radius 1 is 1.05 bits per heavy atom. The van der Waals surface area contributed by atoms with Crippen molar-refractivity contribution in [3.8, 4) is 12.1 Å². The molecule has 1 aromatic rings. The summed E-state index contributed by atoms with van der Waals surface area (Å²) in [6, 6.07) is 12.1. The number of likely N-dealkylation sites (tertiary alicyclic amines) is 1. The molecule has 1 aliphatic rings. The summed E-state index contributed by atoms with van der Waals surface area (Å²) in [5.74, 6) is 0. The number of hydrogen-bond acceptors (Lipinski definition) is 3. The number of allylic oxidation sites excluding steroid dienone is 3. The Hall–Kier alpha value is -2.52. The number of nitriles is 2. The average Bonchev–Trinajstić information content (AvgIpc) is 2.99. The predicted octanol–water partition coefficient (Wildman–Crippen LogP) is 3.41. The molecule has 0 aliphatic carbocycles. The van der Waals surface area contributed by atoms with E-state index in [2.05, 4.69) is 36.1 Å². The summed E-state index contributed by atoms with van der Waals surface area (Å²) in [7, 11) is 0. The molecule has 1 aromatic carbocycles. The van der Waals surface area contributed by atoms with Crippen molar-refractivity contribution in [3.05, 3.63) is 53.1 Å². The lowest BCUT2D eigenvalue weighted by atomic mass is 10.1. The maximum absolute atomic E-state index is 8.83. The van der Waals surface area contributed by atoms with Crippen LogP contribution in [0.2, 0.25) is 0 Å². The van der Waals surface area contributed by atoms with Crippen LogP contribution in [0, 0.1) is 29.6 Å². The van der Waals surface area contributed by atoms with Crippen LogP contribution in [0.25, 0.3) is 5.70 Å². The number of aryl methyl sites for hydroxylation is 1. The average molecular weight is 263 g/mol. The molecule has 0 radical (unpaired) electrons. The molecule has 0 amide bonds. The van der Waals surface area contributed by atoms with Gasteiger partial charge in [-0.3, -0.25) is 0 Å². The highest BCUT2D eigenvalue weighted by Crippen LogP contribution is 2.24. The van der Waals surface area contributed by atoms with Gasteiger partial charge in [0.05, 0.1) is 0 Å². The Morgan fingerprint density at radius 2 is 1.65 bits per heavy atom. The topological polar surface area (TPSA) is 50.8 Å². The van der Waals surface area contributed by atoms with Crippen LogP contribution in [0.3, 0.4) is 0 Å². The Balaban J connectivity index is 2.37. The van der Waals surface area contributed by atoms with Crippen LogP contribution in [0.4, 0.5) is 0 Å². The van der Waals surface area contributed by atoms with Gasteiger partial charge in [0, 0.05) is 18.8 Å². The van der Waals surface area contributed by atoms with Crippen molar-refractivity contribution in [1.82, 2.24) is 4.90 Å². The highest BCUT2D eigenvalue weighted by Gasteiger charge is 2.15. The first kappa shape index (κ1) is 13.9. The summed E-state index contributed by atoms with van der Waals surface area (Å²) < 4.78 is 0. The third-order valence-corrected chi connectivity index (χ3v) is 3.44. The van der Waals surface area contributed by atoms with E-state index in [-0.39, 0.29) is 5.57 Å². The summed E-state index contributed by atoms with van der Waals surface area (Å²) >= 11 is 0. The van der Waals surface area contributed by atoms with E-state index in [0.717, 1.165) is 24.4 Å². The summed E-state index contributed by atoms with van der Waals surface area (Å²) in [5, 5.41) is 17.7. The van der Waals surface area contributed by atoms with Gasteiger partial charge in [-0.15, -0.1) is 0 Å². The molecule has 0 N–H and O–H groups in total. The molecule has 3 nitrogen and oxygen atoms in total. The fourth-order valence-corrected chi connectivity index (χ4v) is 2.33. The standard InChI is InChI=1S/C17H17N3/c1-14-4-7-16(8-5-14)17(20-10-2-3-11-20)9-6-15(12-18)13-19/h4-9H,2-3,10-11H2,1H3/b17-9-. The second-order valence-corrected chi connectivity index (χ2v) is 4.92. The SMILES string of the molecule is Cc1ccc(/C(=C/C=C(C#N)C#N)N2CCCC2)cc1. The molecule has 0 saturated carbocycles. The molecule has 1 heterocycles. The van der Waals surface area contributed by atoms with E-state index in [4.69, 9.17) is 10.5 Å². The maximum atomic E-state index is 8.83. The van der Waals surface area contributed by atoms with Gasteiger partial charge in [-0.2, -0.15) is 10.5 Å². The van der Waals surface area contributed by atoms with E-state index >= 15 is 0 Å². The van der Waals surface area contributed by atoms with Gasteiger partial charge in [0.1, 0.15) is 17.7 Å². The molecule has 0 spiro atoms. The van der Waals surface area contributed by atoms with E-state index in [1.54, 1.807) is 6.08 Å². The number of benzene rings is 1. The van der Waals surface area contributed by atoms with Gasteiger partial charge >= 0.3 is 0 Å². The Kier molecular flexibility index (Phi) is 4.58. The van der Waals surface area contributed by atoms with Crippen LogP contribution >= 0.6 is 0 Å². The number of nitrogens with zero attached hydrogens (tertiary/aromatic N) is 3. The van der Waals surface area contributed by atoms with Crippen molar-refractivity contribution in [2.75, 3.05) is 13.1 Å². The number of rotatable bonds is 3. The largest absolute Gasteiger partial charge is 0.371 e. The van der Waals surface area contributed by atoms with Crippen LogP contribution in [-0.2, 0) is 0 Å². The first-order chi connectivity index (χ1) is 9.74. The van der Waals surface area contributed by atoms with Gasteiger partial charge in [0.2, 0.25) is 0 Å². The number of hydrogen-bond donors (Lipinski definition) is 0. The summed E-state index contributed by atoms with van der Waals surface area (Å²) in [6.45, 7) is 4.12. The normalized spacial score (nSPS) is 14.6. The summed E-state index contributed by atoms with van der Waals surface area (Å²) in [6.07, 6.45) is 5.87. The lowest BCUT2D eigenvalue weighted by Crippen LogP contribution is -2.17. The van der Waals surface area contributed by atoms with E-state index < -0.39 is 0 Å². The third kappa shape index (κ3) is 3.28. The second kappa shape index (κ2) is 6.59. The zero-order chi connectivity index (χ0) is 14.4. The second-order valence-electron chi connectivity index (χ2n) is 4.92. The first-order valence-electron chi connectivity index (χ1n) is 6.79. The molecular formula is C17H17N3. The van der Waals surface area contributed by atoms with Crippen molar-refractivity contribution in [2.45, 2.75) is 19.8 Å². The van der Waals surface area contributed by atoms with Crippen molar-refractivity contribution in [1.29, 1.82) is 10.5 Å². The Bertz CT molecular complexity index is 587. The van der Waals surface area contributed by atoms with Gasteiger partial charge in [-0.1, -0.05) is 29.8 Å². The van der Waals surface area contributed by atoms with Crippen LogP contribution in [0.15, 0.2) is 42.0 Å². The van der Waals surface area contributed by atoms with Gasteiger partial charge < -0.3 is 4.90 Å². The van der Waals surface area contributed by atoms with Gasteiger partial charge in [0.25, 0.3) is 0 Å². The van der Waals surface area contributed by atoms with Gasteiger partial charge in [-0.25, -0.2) is 0 Å². The first-order valence-corrected chi connectivity index (χ1v) is 6.79. The quantitative estimate of drug-likeness (QED) is 0.620. The van der Waals surface area contributed by atoms with Gasteiger partial charge in [-0.05, 0) is 37.5 Å². The molecule has 1 fully saturated rings. The molecule has 0 bridgehead atoms. The monoisotopic (exact) mass is 263 g/mol. The van der Waals surface area contributed by atoms with Crippen molar-refractivity contribution < 1.29 is 0 Å². The highest BCUT2D eigenvalue weighted by atomic mass is 15.1. The fraction of sp³-hybridized carbons (Fsp3) is 0.294. The molecule has 1 saturated heterocycles. The van der Waals surface area contributed by atoms with Gasteiger partial charge in [0.15, 0.2) is 0 Å². The molecule has 3 heteroatoms. The Morgan fingerprint density at radius 3 is 2.20 bits per heavy atom. The molecule has 0 unspecified atom stereocenters. The summed E-state index contributed by atoms with van der Waals surface area (Å²) in [5.41, 5.74) is 3.57. The predicted molar refractivity (Wildman–Crippen MR) is 79.3 cm³/mol. The minimum atomic E-state index is 0.133. The lowest BCUT2D eigenvalue weighted by Gasteiger charge is -2.21. The highest BCUT2D eigenvalue weighted by molar-refractivity contribution is 5.67. The van der Waals surface area contributed by atoms with E-state index in [0.29, 0.717) is 0 Å². The minimum absolute atomic E-state index is 0.133. The zero-order valence-corrected chi connectivity index (χ0v) is 11.6. The molecular weight excluding hydrogens is 246 g/mol. The van der Waals surface area contributed by atoms with E-state index in [1.165, 1.54) is 18.4 Å². The molecule has 20 heavy (non-hydrogen) atoms. The minimum Gasteiger partial charge on any atom is -0.371 e. The Labute approximate surface area is 120 Å². The molecule has 100 valence electrons. The molecule has 0 aromatic heterocycles. The third-order valence-electron chi connectivity index (χ3n) is 3.44.